The van der Waals surface area contributed by atoms with Crippen LogP contribution in [0, 0.1) is 0 Å². The standard InChI is InChI=1S/C30H54N2O7/c1-23(2)27(35)37-22-18-16-14-12-10-9-11-13-15-17-21-31-26(34)24(32-28(36)39-30(6,7)8)19-20-25(33)38-29(3,4)5/h24H,1,9-22H2,2-8H3,(H,31,34)(H,32,36)/t24-/m0/s1. The Hall–Kier alpha value is -2.58. The van der Waals surface area contributed by atoms with Gasteiger partial charge in [-0.25, -0.2) is 9.59 Å². The van der Waals surface area contributed by atoms with E-state index in [1.807, 2.05) is 0 Å². The number of nitrogens with one attached hydrogen (secondary N) is 2. The molecule has 0 saturated heterocycles. The molecule has 226 valence electrons. The van der Waals surface area contributed by atoms with Gasteiger partial charge in [-0.05, 0) is 67.7 Å². The predicted molar refractivity (Wildman–Crippen MR) is 153 cm³/mol. The second kappa shape index (κ2) is 19.5. The van der Waals surface area contributed by atoms with E-state index in [-0.39, 0.29) is 24.7 Å². The molecule has 9 heteroatoms. The van der Waals surface area contributed by atoms with Crippen molar-refractivity contribution in [2.45, 2.75) is 143 Å². The number of alkyl carbamates (subject to hydrolysis) is 1. The van der Waals surface area contributed by atoms with Gasteiger partial charge >= 0.3 is 18.0 Å². The minimum atomic E-state index is -0.884. The van der Waals surface area contributed by atoms with Crippen LogP contribution in [0.4, 0.5) is 4.79 Å². The molecule has 0 heterocycles. The topological polar surface area (TPSA) is 120 Å². The first kappa shape index (κ1) is 36.4. The summed E-state index contributed by atoms with van der Waals surface area (Å²) in [5.41, 5.74) is -0.875. The van der Waals surface area contributed by atoms with Crippen molar-refractivity contribution >= 4 is 23.9 Å². The molecule has 0 unspecified atom stereocenters. The normalized spacial score (nSPS) is 12.3. The summed E-state index contributed by atoms with van der Waals surface area (Å²) in [5, 5.41) is 5.47. The minimum Gasteiger partial charge on any atom is -0.462 e. The van der Waals surface area contributed by atoms with Gasteiger partial charge in [-0.1, -0.05) is 57.9 Å². The average molecular weight is 555 g/mol. The van der Waals surface area contributed by atoms with E-state index in [2.05, 4.69) is 17.2 Å². The molecule has 0 spiro atoms. The number of carbonyl (C=O) groups is 4. The fourth-order valence-electron chi connectivity index (χ4n) is 3.64. The lowest BCUT2D eigenvalue weighted by atomic mass is 10.1. The van der Waals surface area contributed by atoms with Crippen molar-refractivity contribution in [1.29, 1.82) is 0 Å². The maximum Gasteiger partial charge on any atom is 0.408 e. The molecule has 0 aliphatic heterocycles. The Balaban J connectivity index is 4.14. The van der Waals surface area contributed by atoms with Crippen LogP contribution in [0.3, 0.4) is 0 Å². The lowest BCUT2D eigenvalue weighted by Gasteiger charge is -2.24. The van der Waals surface area contributed by atoms with Crippen molar-refractivity contribution in [3.63, 3.8) is 0 Å². The van der Waals surface area contributed by atoms with Crippen molar-refractivity contribution in [2.75, 3.05) is 13.2 Å². The number of rotatable bonds is 19. The van der Waals surface area contributed by atoms with E-state index >= 15 is 0 Å². The van der Waals surface area contributed by atoms with Crippen molar-refractivity contribution in [1.82, 2.24) is 10.6 Å². The molecular formula is C30H54N2O7. The number of hydrogen-bond donors (Lipinski definition) is 2. The van der Waals surface area contributed by atoms with Gasteiger partial charge in [-0.3, -0.25) is 9.59 Å². The van der Waals surface area contributed by atoms with Crippen LogP contribution >= 0.6 is 0 Å². The van der Waals surface area contributed by atoms with Crippen LogP contribution in [0.5, 0.6) is 0 Å². The maximum atomic E-state index is 12.7. The third-order valence-corrected chi connectivity index (χ3v) is 5.52. The Morgan fingerprint density at radius 3 is 1.72 bits per heavy atom. The molecule has 1 atom stereocenters. The summed E-state index contributed by atoms with van der Waals surface area (Å²) >= 11 is 0. The Morgan fingerprint density at radius 1 is 0.744 bits per heavy atom. The molecule has 0 fully saturated rings. The van der Waals surface area contributed by atoms with Gasteiger partial charge in [0.1, 0.15) is 17.2 Å². The zero-order valence-electron chi connectivity index (χ0n) is 25.5. The molecule has 0 aromatic rings. The number of esters is 2. The molecule has 0 rings (SSSR count). The SMILES string of the molecule is C=C(C)C(=O)OCCCCCCCCCCCCNC(=O)[C@H](CCC(=O)OC(C)(C)C)NC(=O)OC(C)(C)C. The molecule has 0 aromatic carbocycles. The van der Waals surface area contributed by atoms with Crippen molar-refractivity contribution in [3.8, 4) is 0 Å². The van der Waals surface area contributed by atoms with Gasteiger partial charge in [0.15, 0.2) is 0 Å². The molecule has 39 heavy (non-hydrogen) atoms. The largest absolute Gasteiger partial charge is 0.462 e. The van der Waals surface area contributed by atoms with Crippen LogP contribution in [0.25, 0.3) is 0 Å². The average Bonchev–Trinajstić information content (AvgIpc) is 2.79. The van der Waals surface area contributed by atoms with Crippen LogP contribution in [-0.4, -0.2) is 54.3 Å². The Bertz CT molecular complexity index is 766. The predicted octanol–water partition coefficient (Wildman–Crippen LogP) is 6.14. The van der Waals surface area contributed by atoms with Crippen molar-refractivity contribution in [2.24, 2.45) is 0 Å². The van der Waals surface area contributed by atoms with Crippen LogP contribution in [0.2, 0.25) is 0 Å². The summed E-state index contributed by atoms with van der Waals surface area (Å²) in [6.45, 7) is 16.8. The van der Waals surface area contributed by atoms with Crippen molar-refractivity contribution < 1.29 is 33.4 Å². The number of ether oxygens (including phenoxy) is 3. The smallest absolute Gasteiger partial charge is 0.408 e. The Labute approximate surface area is 236 Å². The third-order valence-electron chi connectivity index (χ3n) is 5.52. The fourth-order valence-corrected chi connectivity index (χ4v) is 3.64. The summed E-state index contributed by atoms with van der Waals surface area (Å²) in [6.07, 6.45) is 10.2. The lowest BCUT2D eigenvalue weighted by Crippen LogP contribution is -2.48. The second-order valence-corrected chi connectivity index (χ2v) is 12.1. The van der Waals surface area contributed by atoms with Crippen LogP contribution < -0.4 is 10.6 Å². The molecule has 0 aliphatic carbocycles. The summed E-state index contributed by atoms with van der Waals surface area (Å²) in [6, 6.07) is -0.884. The summed E-state index contributed by atoms with van der Waals surface area (Å²) in [4.78, 5) is 48.4. The van der Waals surface area contributed by atoms with Crippen LogP contribution in [-0.2, 0) is 28.6 Å². The van der Waals surface area contributed by atoms with Gasteiger partial charge in [-0.15, -0.1) is 0 Å². The van der Waals surface area contributed by atoms with E-state index in [0.717, 1.165) is 44.9 Å². The number of hydrogen-bond acceptors (Lipinski definition) is 7. The van der Waals surface area contributed by atoms with Crippen LogP contribution in [0.1, 0.15) is 126 Å². The molecule has 0 radical (unpaired) electrons. The highest BCUT2D eigenvalue weighted by Gasteiger charge is 2.26. The molecular weight excluding hydrogens is 500 g/mol. The monoisotopic (exact) mass is 554 g/mol. The van der Waals surface area contributed by atoms with Gasteiger partial charge in [0.2, 0.25) is 5.91 Å². The van der Waals surface area contributed by atoms with Gasteiger partial charge in [-0.2, -0.15) is 0 Å². The van der Waals surface area contributed by atoms with E-state index in [4.69, 9.17) is 14.2 Å². The van der Waals surface area contributed by atoms with E-state index in [1.54, 1.807) is 48.5 Å². The zero-order valence-corrected chi connectivity index (χ0v) is 25.5. The Kier molecular flexibility index (Phi) is 18.2. The second-order valence-electron chi connectivity index (χ2n) is 12.1. The first-order valence-corrected chi connectivity index (χ1v) is 14.4. The van der Waals surface area contributed by atoms with Gasteiger partial charge in [0, 0.05) is 18.5 Å². The van der Waals surface area contributed by atoms with Crippen molar-refractivity contribution in [3.05, 3.63) is 12.2 Å². The quantitative estimate of drug-likeness (QED) is 0.0852. The molecule has 0 aromatic heterocycles. The Morgan fingerprint density at radius 2 is 1.23 bits per heavy atom. The third kappa shape index (κ3) is 23.1. The van der Waals surface area contributed by atoms with Gasteiger partial charge in [0.25, 0.3) is 0 Å². The minimum absolute atomic E-state index is 0.00756. The summed E-state index contributed by atoms with van der Waals surface area (Å²) in [7, 11) is 0. The lowest BCUT2D eigenvalue weighted by molar-refractivity contribution is -0.155. The zero-order chi connectivity index (χ0) is 29.9. The first-order chi connectivity index (χ1) is 18.1. The molecule has 2 N–H and O–H groups in total. The van der Waals surface area contributed by atoms with E-state index in [0.29, 0.717) is 18.7 Å². The highest BCUT2D eigenvalue weighted by Crippen LogP contribution is 2.13. The van der Waals surface area contributed by atoms with E-state index < -0.39 is 29.3 Å². The molecule has 0 aliphatic rings. The molecule has 0 bridgehead atoms. The summed E-state index contributed by atoms with van der Waals surface area (Å²) in [5.74, 6) is -1.07. The highest BCUT2D eigenvalue weighted by atomic mass is 16.6. The number of amides is 2. The van der Waals surface area contributed by atoms with Gasteiger partial charge in [0.05, 0.1) is 6.61 Å². The van der Waals surface area contributed by atoms with E-state index in [1.165, 1.54) is 19.3 Å². The highest BCUT2D eigenvalue weighted by molar-refractivity contribution is 5.87. The molecule has 0 saturated carbocycles. The van der Waals surface area contributed by atoms with Crippen LogP contribution in [0.15, 0.2) is 12.2 Å². The molecule has 9 nitrogen and oxygen atoms in total. The molecule has 2 amide bonds. The maximum absolute atomic E-state index is 12.7. The number of unbranched alkanes of at least 4 members (excludes halogenated alkanes) is 9. The fraction of sp³-hybridized carbons (Fsp3) is 0.800. The summed E-state index contributed by atoms with van der Waals surface area (Å²) < 4.78 is 15.7. The van der Waals surface area contributed by atoms with Gasteiger partial charge < -0.3 is 24.8 Å². The first-order valence-electron chi connectivity index (χ1n) is 14.4. The number of carbonyl (C=O) groups excluding carboxylic acids is 4. The van der Waals surface area contributed by atoms with E-state index in [9.17, 15) is 19.2 Å².